The molecule has 0 amide bonds. The predicted molar refractivity (Wildman–Crippen MR) is 55.8 cm³/mol. The van der Waals surface area contributed by atoms with Crippen molar-refractivity contribution in [1.29, 1.82) is 0 Å². The van der Waals surface area contributed by atoms with Crippen molar-refractivity contribution in [3.63, 3.8) is 0 Å². The molecule has 0 aromatic heterocycles. The molecule has 0 radical (unpaired) electrons. The van der Waals surface area contributed by atoms with Gasteiger partial charge in [-0.05, 0) is 25.0 Å². The van der Waals surface area contributed by atoms with Gasteiger partial charge in [0.25, 0.3) is 0 Å². The number of hydrogen-bond donors (Lipinski definition) is 1. The summed E-state index contributed by atoms with van der Waals surface area (Å²) < 4.78 is 13.4. The van der Waals surface area contributed by atoms with Gasteiger partial charge in [-0.1, -0.05) is 24.3 Å². The zero-order valence-electron chi connectivity index (χ0n) is 8.68. The van der Waals surface area contributed by atoms with Crippen LogP contribution in [0.15, 0.2) is 24.3 Å². The molecule has 2 rings (SSSR count). The Labute approximate surface area is 84.1 Å². The maximum Gasteiger partial charge on any atom is 0.112 e. The van der Waals surface area contributed by atoms with Gasteiger partial charge in [0.05, 0.1) is 0 Å². The van der Waals surface area contributed by atoms with E-state index in [9.17, 15) is 4.39 Å². The molecular formula is C12H16FN. The van der Waals surface area contributed by atoms with Gasteiger partial charge < -0.3 is 5.73 Å². The van der Waals surface area contributed by atoms with Crippen molar-refractivity contribution in [1.82, 2.24) is 0 Å². The molecule has 1 aromatic rings. The van der Waals surface area contributed by atoms with Crippen molar-refractivity contribution >= 4 is 0 Å². The van der Waals surface area contributed by atoms with Crippen LogP contribution in [0.2, 0.25) is 0 Å². The van der Waals surface area contributed by atoms with E-state index in [1.54, 1.807) is 6.92 Å². The molecule has 0 atom stereocenters. The second kappa shape index (κ2) is 2.80. The second-order valence-corrected chi connectivity index (χ2v) is 4.74. The maximum atomic E-state index is 13.4. The summed E-state index contributed by atoms with van der Waals surface area (Å²) in [4.78, 5) is 0. The number of hydrogen-bond acceptors (Lipinski definition) is 1. The highest BCUT2D eigenvalue weighted by Gasteiger charge is 2.51. The fraction of sp³-hybridized carbons (Fsp3) is 0.500. The Kier molecular flexibility index (Phi) is 1.93. The van der Waals surface area contributed by atoms with Crippen LogP contribution in [0, 0.1) is 6.92 Å². The van der Waals surface area contributed by atoms with Gasteiger partial charge in [0, 0.05) is 18.4 Å². The number of rotatable bonds is 1. The van der Waals surface area contributed by atoms with Crippen LogP contribution >= 0.6 is 0 Å². The fourth-order valence-electron chi connectivity index (χ4n) is 2.59. The number of halogens is 1. The molecule has 0 heterocycles. The molecule has 1 aliphatic carbocycles. The highest BCUT2D eigenvalue weighted by Crippen LogP contribution is 2.49. The van der Waals surface area contributed by atoms with Crippen molar-refractivity contribution in [2.45, 2.75) is 37.9 Å². The second-order valence-electron chi connectivity index (χ2n) is 4.74. The van der Waals surface area contributed by atoms with E-state index in [4.69, 9.17) is 5.73 Å². The Morgan fingerprint density at radius 3 is 2.36 bits per heavy atom. The van der Waals surface area contributed by atoms with Crippen molar-refractivity contribution < 1.29 is 4.39 Å². The molecule has 1 nitrogen and oxygen atoms in total. The zero-order chi connectivity index (χ0) is 10.4. The van der Waals surface area contributed by atoms with E-state index in [1.165, 1.54) is 0 Å². The van der Waals surface area contributed by atoms with Gasteiger partial charge in [-0.2, -0.15) is 0 Å². The van der Waals surface area contributed by atoms with E-state index in [0.717, 1.165) is 11.1 Å². The third-order valence-electron chi connectivity index (χ3n) is 3.05. The van der Waals surface area contributed by atoms with Crippen molar-refractivity contribution in [2.75, 3.05) is 0 Å². The first-order chi connectivity index (χ1) is 6.43. The zero-order valence-corrected chi connectivity index (χ0v) is 8.68. The summed E-state index contributed by atoms with van der Waals surface area (Å²) in [5.74, 6) is 0. The molecule has 0 saturated heterocycles. The summed E-state index contributed by atoms with van der Waals surface area (Å²) >= 11 is 0. The minimum atomic E-state index is -1.07. The van der Waals surface area contributed by atoms with E-state index >= 15 is 0 Å². The van der Waals surface area contributed by atoms with E-state index in [2.05, 4.69) is 0 Å². The van der Waals surface area contributed by atoms with Crippen molar-refractivity contribution in [2.24, 2.45) is 5.73 Å². The first-order valence-electron chi connectivity index (χ1n) is 4.97. The van der Waals surface area contributed by atoms with Gasteiger partial charge in [0.1, 0.15) is 5.67 Å². The van der Waals surface area contributed by atoms with Crippen LogP contribution in [0.25, 0.3) is 0 Å². The topological polar surface area (TPSA) is 26.0 Å². The summed E-state index contributed by atoms with van der Waals surface area (Å²) in [5, 5.41) is 0. The molecule has 2 heteroatoms. The van der Waals surface area contributed by atoms with Crippen LogP contribution in [-0.4, -0.2) is 5.67 Å². The molecule has 1 aliphatic rings. The van der Waals surface area contributed by atoms with Crippen LogP contribution in [0.3, 0.4) is 0 Å². The van der Waals surface area contributed by atoms with Crippen molar-refractivity contribution in [3.8, 4) is 0 Å². The van der Waals surface area contributed by atoms with Crippen LogP contribution in [0.4, 0.5) is 4.39 Å². The number of aryl methyl sites for hydroxylation is 1. The summed E-state index contributed by atoms with van der Waals surface area (Å²) in [7, 11) is 0. The van der Waals surface area contributed by atoms with E-state index in [1.807, 2.05) is 31.2 Å². The van der Waals surface area contributed by atoms with Gasteiger partial charge in [0.15, 0.2) is 0 Å². The Hall–Kier alpha value is -0.890. The van der Waals surface area contributed by atoms with Gasteiger partial charge in [-0.3, -0.25) is 0 Å². The lowest BCUT2D eigenvalue weighted by Crippen LogP contribution is -2.56. The normalized spacial score (nSPS) is 36.6. The largest absolute Gasteiger partial charge is 0.321 e. The molecule has 1 aromatic carbocycles. The third kappa shape index (κ3) is 1.44. The van der Waals surface area contributed by atoms with Crippen LogP contribution < -0.4 is 5.73 Å². The summed E-state index contributed by atoms with van der Waals surface area (Å²) in [5.41, 5.74) is 6.90. The fourth-order valence-corrected chi connectivity index (χ4v) is 2.59. The highest BCUT2D eigenvalue weighted by molar-refractivity contribution is 5.36. The van der Waals surface area contributed by atoms with Crippen LogP contribution in [-0.2, 0) is 5.54 Å². The molecule has 1 saturated carbocycles. The van der Waals surface area contributed by atoms with Gasteiger partial charge >= 0.3 is 0 Å². The van der Waals surface area contributed by atoms with E-state index in [-0.39, 0.29) is 0 Å². The minimum Gasteiger partial charge on any atom is -0.321 e. The highest BCUT2D eigenvalue weighted by atomic mass is 19.1. The molecule has 0 spiro atoms. The van der Waals surface area contributed by atoms with Gasteiger partial charge in [-0.25, -0.2) is 4.39 Å². The van der Waals surface area contributed by atoms with Crippen molar-refractivity contribution in [3.05, 3.63) is 35.4 Å². The minimum absolute atomic E-state index is 0.435. The van der Waals surface area contributed by atoms with E-state index in [0.29, 0.717) is 12.8 Å². The van der Waals surface area contributed by atoms with Gasteiger partial charge in [0.2, 0.25) is 0 Å². The summed E-state index contributed by atoms with van der Waals surface area (Å²) in [6, 6.07) is 7.97. The molecule has 14 heavy (non-hydrogen) atoms. The molecule has 2 N–H and O–H groups in total. The van der Waals surface area contributed by atoms with Crippen LogP contribution in [0.5, 0.6) is 0 Å². The Morgan fingerprint density at radius 1 is 1.29 bits per heavy atom. The predicted octanol–water partition coefficient (Wildman–Crippen LogP) is 2.67. The average molecular weight is 193 g/mol. The molecular weight excluding hydrogens is 177 g/mol. The number of nitrogens with two attached hydrogens (primary N) is 1. The van der Waals surface area contributed by atoms with Gasteiger partial charge in [-0.15, -0.1) is 0 Å². The summed E-state index contributed by atoms with van der Waals surface area (Å²) in [6.45, 7) is 3.65. The van der Waals surface area contributed by atoms with E-state index < -0.39 is 11.2 Å². The number of alkyl halides is 1. The third-order valence-corrected chi connectivity index (χ3v) is 3.05. The Balaban J connectivity index is 2.30. The molecule has 0 bridgehead atoms. The Bertz CT molecular complexity index is 349. The molecule has 0 unspecified atom stereocenters. The lowest BCUT2D eigenvalue weighted by atomic mass is 9.63. The molecule has 76 valence electrons. The van der Waals surface area contributed by atoms with Crippen LogP contribution in [0.1, 0.15) is 30.9 Å². The standard InChI is InChI=1S/C12H16FN/c1-9-5-3-4-6-10(9)12(14)7-11(2,13)8-12/h3-6H,7-8,14H2,1-2H3. The molecule has 1 fully saturated rings. The monoisotopic (exact) mass is 193 g/mol. The summed E-state index contributed by atoms with van der Waals surface area (Å²) in [6.07, 6.45) is 0.871. The lowest BCUT2D eigenvalue weighted by molar-refractivity contribution is 0.00103. The first-order valence-corrected chi connectivity index (χ1v) is 4.97. The average Bonchev–Trinajstić information content (AvgIpc) is 2.00. The smallest absolute Gasteiger partial charge is 0.112 e. The Morgan fingerprint density at radius 2 is 1.86 bits per heavy atom. The molecule has 0 aliphatic heterocycles. The quantitative estimate of drug-likeness (QED) is 0.729. The first kappa shape index (κ1) is 9.66. The maximum absolute atomic E-state index is 13.4. The number of benzene rings is 1. The SMILES string of the molecule is Cc1ccccc1C1(N)CC(C)(F)C1. The lowest BCUT2D eigenvalue weighted by Gasteiger charge is -2.48.